The Kier molecular flexibility index (Phi) is 12.3. The van der Waals surface area contributed by atoms with Crippen LogP contribution < -0.4 is 0 Å². The van der Waals surface area contributed by atoms with Gasteiger partial charge in [0.2, 0.25) is 0 Å². The molecule has 0 aromatic rings. The summed E-state index contributed by atoms with van der Waals surface area (Å²) in [6, 6.07) is 0. The Balaban J connectivity index is 3.13. The molecule has 3 heteroatoms. The molecule has 3 N–H and O–H groups in total. The van der Waals surface area contributed by atoms with Crippen molar-refractivity contribution in [2.75, 3.05) is 6.61 Å². The van der Waals surface area contributed by atoms with Gasteiger partial charge in [0.25, 0.3) is 0 Å². The minimum absolute atomic E-state index is 0.349. The fourth-order valence-corrected chi connectivity index (χ4v) is 1.98. The lowest BCUT2D eigenvalue weighted by Crippen LogP contribution is -2.28. The van der Waals surface area contributed by atoms with E-state index in [9.17, 15) is 5.11 Å². The molecule has 0 aliphatic heterocycles. The second-order valence-corrected chi connectivity index (χ2v) is 4.93. The van der Waals surface area contributed by atoms with Crippen molar-refractivity contribution in [2.45, 2.75) is 83.3 Å². The molecule has 0 heterocycles. The van der Waals surface area contributed by atoms with Crippen molar-refractivity contribution < 1.29 is 15.3 Å². The van der Waals surface area contributed by atoms with E-state index in [0.717, 1.165) is 12.8 Å². The molecule has 0 unspecified atom stereocenters. The highest BCUT2D eigenvalue weighted by atomic mass is 16.4. The van der Waals surface area contributed by atoms with Gasteiger partial charge >= 0.3 is 0 Å². The summed E-state index contributed by atoms with van der Waals surface area (Å²) in [6.07, 6.45) is 10.1. The summed E-state index contributed by atoms with van der Waals surface area (Å²) in [7, 11) is 0. The lowest BCUT2D eigenvalue weighted by molar-refractivity contribution is -0.0185. The van der Waals surface area contributed by atoms with Crippen molar-refractivity contribution in [3.8, 4) is 0 Å². The van der Waals surface area contributed by atoms with Crippen LogP contribution >= 0.6 is 0 Å². The van der Waals surface area contributed by atoms with Crippen LogP contribution in [0.2, 0.25) is 0 Å². The molecule has 2 atom stereocenters. The topological polar surface area (TPSA) is 60.7 Å². The minimum atomic E-state index is -0.968. The van der Waals surface area contributed by atoms with Gasteiger partial charge in [0.05, 0.1) is 12.7 Å². The molecule has 0 spiro atoms. The first-order valence-corrected chi connectivity index (χ1v) is 7.19. The molecule has 0 aliphatic carbocycles. The van der Waals surface area contributed by atoms with E-state index in [2.05, 4.69) is 6.92 Å². The molecule has 0 bridgehead atoms. The molecule has 0 aromatic heterocycles. The third-order valence-electron chi connectivity index (χ3n) is 3.23. The molecule has 0 aromatic carbocycles. The van der Waals surface area contributed by atoms with Gasteiger partial charge in [-0.2, -0.15) is 0 Å². The van der Waals surface area contributed by atoms with E-state index in [0.29, 0.717) is 6.42 Å². The van der Waals surface area contributed by atoms with Crippen LogP contribution in [0, 0.1) is 0 Å². The average molecular weight is 246 g/mol. The van der Waals surface area contributed by atoms with Gasteiger partial charge in [-0.25, -0.2) is 0 Å². The highest BCUT2D eigenvalue weighted by molar-refractivity contribution is 4.65. The highest BCUT2D eigenvalue weighted by Gasteiger charge is 2.13. The first-order chi connectivity index (χ1) is 8.22. The van der Waals surface area contributed by atoms with Gasteiger partial charge in [-0.05, 0) is 6.42 Å². The van der Waals surface area contributed by atoms with Crippen molar-refractivity contribution in [2.24, 2.45) is 0 Å². The summed E-state index contributed by atoms with van der Waals surface area (Å²) >= 11 is 0. The summed E-state index contributed by atoms with van der Waals surface area (Å²) in [5.74, 6) is 0. The molecule has 0 amide bonds. The average Bonchev–Trinajstić information content (AvgIpc) is 2.35. The highest BCUT2D eigenvalue weighted by Crippen LogP contribution is 2.12. The zero-order chi connectivity index (χ0) is 12.9. The number of unbranched alkanes of at least 4 members (excludes halogenated alkanes) is 8. The molecule has 0 rings (SSSR count). The van der Waals surface area contributed by atoms with E-state index in [1.54, 1.807) is 0 Å². The third kappa shape index (κ3) is 10.7. The van der Waals surface area contributed by atoms with Gasteiger partial charge in [-0.3, -0.25) is 0 Å². The van der Waals surface area contributed by atoms with E-state index >= 15 is 0 Å². The normalized spacial score (nSPS) is 14.8. The Hall–Kier alpha value is -0.120. The van der Waals surface area contributed by atoms with E-state index < -0.39 is 12.2 Å². The quantitative estimate of drug-likeness (QED) is 0.464. The zero-order valence-electron chi connectivity index (χ0n) is 11.3. The molecular formula is C14H30O3. The smallest absolute Gasteiger partial charge is 0.103 e. The van der Waals surface area contributed by atoms with Crippen molar-refractivity contribution in [1.82, 2.24) is 0 Å². The zero-order valence-corrected chi connectivity index (χ0v) is 11.3. The maximum absolute atomic E-state index is 9.41. The predicted octanol–water partition coefficient (Wildman–Crippen LogP) is 2.62. The van der Waals surface area contributed by atoms with Crippen molar-refractivity contribution in [3.05, 3.63) is 0 Å². The van der Waals surface area contributed by atoms with Gasteiger partial charge in [-0.15, -0.1) is 0 Å². The van der Waals surface area contributed by atoms with E-state index in [4.69, 9.17) is 10.2 Å². The second kappa shape index (κ2) is 12.3. The number of aliphatic hydroxyl groups excluding tert-OH is 3. The maximum Gasteiger partial charge on any atom is 0.103 e. The van der Waals surface area contributed by atoms with E-state index in [-0.39, 0.29) is 6.61 Å². The van der Waals surface area contributed by atoms with Crippen molar-refractivity contribution >= 4 is 0 Å². The summed E-state index contributed by atoms with van der Waals surface area (Å²) in [5.41, 5.74) is 0. The van der Waals surface area contributed by atoms with Gasteiger partial charge in [0.1, 0.15) is 6.10 Å². The first kappa shape index (κ1) is 16.9. The molecule has 104 valence electrons. The Morgan fingerprint density at radius 2 is 1.18 bits per heavy atom. The number of rotatable bonds is 12. The van der Waals surface area contributed by atoms with Crippen LogP contribution in [0.4, 0.5) is 0 Å². The Morgan fingerprint density at radius 3 is 1.65 bits per heavy atom. The molecule has 0 fully saturated rings. The van der Waals surface area contributed by atoms with Crippen LogP contribution in [0.1, 0.15) is 71.1 Å². The van der Waals surface area contributed by atoms with Crippen LogP contribution in [0.25, 0.3) is 0 Å². The van der Waals surface area contributed by atoms with Crippen LogP contribution in [0.3, 0.4) is 0 Å². The molecule has 0 radical (unpaired) electrons. The van der Waals surface area contributed by atoms with Crippen LogP contribution in [0.15, 0.2) is 0 Å². The number of hydrogen-bond acceptors (Lipinski definition) is 3. The third-order valence-corrected chi connectivity index (χ3v) is 3.23. The molecule has 17 heavy (non-hydrogen) atoms. The first-order valence-electron chi connectivity index (χ1n) is 7.19. The largest absolute Gasteiger partial charge is 0.394 e. The summed E-state index contributed by atoms with van der Waals surface area (Å²) < 4.78 is 0. The molecule has 0 saturated heterocycles. The fraction of sp³-hybridized carbons (Fsp3) is 1.00. The Labute approximate surface area is 106 Å². The maximum atomic E-state index is 9.41. The van der Waals surface area contributed by atoms with Crippen LogP contribution in [-0.4, -0.2) is 34.1 Å². The van der Waals surface area contributed by atoms with Crippen molar-refractivity contribution in [3.63, 3.8) is 0 Å². The molecular weight excluding hydrogens is 216 g/mol. The Bertz CT molecular complexity index is 150. The van der Waals surface area contributed by atoms with Gasteiger partial charge in [0.15, 0.2) is 0 Å². The van der Waals surface area contributed by atoms with Crippen LogP contribution in [-0.2, 0) is 0 Å². The van der Waals surface area contributed by atoms with Crippen LogP contribution in [0.5, 0.6) is 0 Å². The SMILES string of the molecule is CCCCCCCCCCC[C@H](O)[C@@H](O)CO. The van der Waals surface area contributed by atoms with Gasteiger partial charge in [-0.1, -0.05) is 64.7 Å². The lowest BCUT2D eigenvalue weighted by atomic mass is 10.0. The minimum Gasteiger partial charge on any atom is -0.394 e. The number of aliphatic hydroxyl groups is 3. The van der Waals surface area contributed by atoms with Gasteiger partial charge in [0, 0.05) is 0 Å². The predicted molar refractivity (Wildman–Crippen MR) is 70.9 cm³/mol. The molecule has 0 aliphatic rings. The fourth-order valence-electron chi connectivity index (χ4n) is 1.98. The van der Waals surface area contributed by atoms with E-state index in [1.807, 2.05) is 0 Å². The van der Waals surface area contributed by atoms with E-state index in [1.165, 1.54) is 44.9 Å². The summed E-state index contributed by atoms with van der Waals surface area (Å²) in [4.78, 5) is 0. The molecule has 3 nitrogen and oxygen atoms in total. The summed E-state index contributed by atoms with van der Waals surface area (Å²) in [5, 5.41) is 27.2. The van der Waals surface area contributed by atoms with Gasteiger partial charge < -0.3 is 15.3 Å². The standard InChI is InChI=1S/C14H30O3/c1-2-3-4-5-6-7-8-9-10-11-13(16)14(17)12-15/h13-17H,2-12H2,1H3/t13-,14-/m0/s1. The Morgan fingerprint density at radius 1 is 0.706 bits per heavy atom. The second-order valence-electron chi connectivity index (χ2n) is 4.93. The molecule has 0 saturated carbocycles. The van der Waals surface area contributed by atoms with Crippen molar-refractivity contribution in [1.29, 1.82) is 0 Å². The number of hydrogen-bond donors (Lipinski definition) is 3. The lowest BCUT2D eigenvalue weighted by Gasteiger charge is -2.14. The monoisotopic (exact) mass is 246 g/mol. The summed E-state index contributed by atoms with van der Waals surface area (Å²) in [6.45, 7) is 1.88.